The molecule has 0 spiro atoms. The highest BCUT2D eigenvalue weighted by Gasteiger charge is 2.74. The van der Waals surface area contributed by atoms with Gasteiger partial charge in [0.25, 0.3) is 0 Å². The summed E-state index contributed by atoms with van der Waals surface area (Å²) in [7, 11) is 0. The van der Waals surface area contributed by atoms with Crippen LogP contribution in [0, 0.1) is 16.2 Å². The van der Waals surface area contributed by atoms with Gasteiger partial charge in [-0.15, -0.1) is 0 Å². The van der Waals surface area contributed by atoms with Crippen molar-refractivity contribution in [2.24, 2.45) is 16.2 Å². The number of hydrogen-bond donors (Lipinski definition) is 1. The minimum Gasteiger partial charge on any atom is -0.481 e. The fourth-order valence-electron chi connectivity index (χ4n) is 3.51. The molecule has 0 aromatic heterocycles. The highest BCUT2D eigenvalue weighted by molar-refractivity contribution is 9.09. The molecule has 3 nitrogen and oxygen atoms in total. The molecule has 0 saturated heterocycles. The number of carbonyl (C=O) groups is 2. The second kappa shape index (κ2) is 2.84. The molecule has 0 aromatic rings. The molecule has 2 fully saturated rings. The Balaban J connectivity index is 2.59. The second-order valence-electron chi connectivity index (χ2n) is 5.33. The molecule has 2 bridgehead atoms. The van der Waals surface area contributed by atoms with Crippen molar-refractivity contribution in [2.45, 2.75) is 33.1 Å². The summed E-state index contributed by atoms with van der Waals surface area (Å²) in [4.78, 5) is 23.5. The van der Waals surface area contributed by atoms with Gasteiger partial charge in [-0.05, 0) is 18.3 Å². The van der Waals surface area contributed by atoms with Crippen LogP contribution in [0.3, 0.4) is 0 Å². The lowest BCUT2D eigenvalue weighted by Gasteiger charge is -2.38. The molecule has 2 aliphatic rings. The average molecular weight is 275 g/mol. The lowest BCUT2D eigenvalue weighted by atomic mass is 9.65. The Morgan fingerprint density at radius 1 is 1.47 bits per heavy atom. The third kappa shape index (κ3) is 0.924. The number of rotatable bonds is 2. The summed E-state index contributed by atoms with van der Waals surface area (Å²) in [6.07, 6.45) is 1.55. The van der Waals surface area contributed by atoms with Crippen molar-refractivity contribution in [1.82, 2.24) is 0 Å². The maximum Gasteiger partial charge on any atom is 0.310 e. The van der Waals surface area contributed by atoms with Crippen LogP contribution in [-0.2, 0) is 9.59 Å². The van der Waals surface area contributed by atoms with E-state index < -0.39 is 22.2 Å². The van der Waals surface area contributed by atoms with Gasteiger partial charge in [-0.1, -0.05) is 29.8 Å². The van der Waals surface area contributed by atoms with E-state index in [2.05, 4.69) is 15.9 Å². The molecule has 2 aliphatic carbocycles. The van der Waals surface area contributed by atoms with E-state index in [0.29, 0.717) is 18.2 Å². The van der Waals surface area contributed by atoms with Crippen molar-refractivity contribution in [2.75, 3.05) is 5.33 Å². The third-order valence-electron chi connectivity index (χ3n) is 5.00. The summed E-state index contributed by atoms with van der Waals surface area (Å²) in [6, 6.07) is 0. The Hall–Kier alpha value is -0.380. The fourth-order valence-corrected chi connectivity index (χ4v) is 4.80. The Kier molecular flexibility index (Phi) is 2.11. The Morgan fingerprint density at radius 2 is 2.07 bits per heavy atom. The van der Waals surface area contributed by atoms with Crippen molar-refractivity contribution in [3.05, 3.63) is 0 Å². The van der Waals surface area contributed by atoms with E-state index in [-0.39, 0.29) is 12.2 Å². The summed E-state index contributed by atoms with van der Waals surface area (Å²) in [5, 5.41) is 9.97. The standard InChI is InChI=1S/C11H15BrO3/c1-9(2)10(8(14)15)3-4-11(9,6-12)7(13)5-10/h3-6H2,1-2H3,(H,14,15)/t10-,11-/m0/s1. The first-order chi connectivity index (χ1) is 6.84. The number of alkyl halides is 1. The van der Waals surface area contributed by atoms with Crippen LogP contribution >= 0.6 is 15.9 Å². The molecule has 0 heterocycles. The molecule has 15 heavy (non-hydrogen) atoms. The number of carboxylic acids is 1. The molecule has 0 aliphatic heterocycles. The minimum absolute atomic E-state index is 0.123. The van der Waals surface area contributed by atoms with Gasteiger partial charge < -0.3 is 5.11 Å². The van der Waals surface area contributed by atoms with Gasteiger partial charge in [0.1, 0.15) is 5.78 Å². The second-order valence-corrected chi connectivity index (χ2v) is 5.89. The van der Waals surface area contributed by atoms with E-state index in [0.717, 1.165) is 0 Å². The zero-order chi connectivity index (χ0) is 11.5. The van der Waals surface area contributed by atoms with Crippen LogP contribution in [0.5, 0.6) is 0 Å². The molecule has 0 radical (unpaired) electrons. The van der Waals surface area contributed by atoms with Crippen molar-refractivity contribution in [3.63, 3.8) is 0 Å². The lowest BCUT2D eigenvalue weighted by Crippen LogP contribution is -2.42. The maximum absolute atomic E-state index is 12.0. The molecular weight excluding hydrogens is 260 g/mol. The predicted molar refractivity (Wildman–Crippen MR) is 58.9 cm³/mol. The number of carboxylic acid groups (broad SMARTS) is 1. The monoisotopic (exact) mass is 274 g/mol. The van der Waals surface area contributed by atoms with Gasteiger partial charge in [-0.2, -0.15) is 0 Å². The Labute approximate surface area is 97.4 Å². The largest absolute Gasteiger partial charge is 0.481 e. The van der Waals surface area contributed by atoms with Gasteiger partial charge >= 0.3 is 5.97 Å². The number of aliphatic carboxylic acids is 1. The Morgan fingerprint density at radius 3 is 2.33 bits per heavy atom. The van der Waals surface area contributed by atoms with Crippen molar-refractivity contribution >= 4 is 27.7 Å². The Bertz CT molecular complexity index is 350. The highest BCUT2D eigenvalue weighted by atomic mass is 79.9. The van der Waals surface area contributed by atoms with Crippen molar-refractivity contribution in [3.8, 4) is 0 Å². The summed E-state index contributed by atoms with van der Waals surface area (Å²) in [6.45, 7) is 3.86. The lowest BCUT2D eigenvalue weighted by molar-refractivity contribution is -0.154. The van der Waals surface area contributed by atoms with Crippen LogP contribution in [0.25, 0.3) is 0 Å². The summed E-state index contributed by atoms with van der Waals surface area (Å²) < 4.78 is 0. The first kappa shape index (κ1) is 11.1. The molecule has 4 heteroatoms. The van der Waals surface area contributed by atoms with Crippen LogP contribution in [-0.4, -0.2) is 22.2 Å². The van der Waals surface area contributed by atoms with Crippen LogP contribution in [0.1, 0.15) is 33.1 Å². The van der Waals surface area contributed by atoms with Gasteiger partial charge in [0.05, 0.1) is 5.41 Å². The number of carbonyl (C=O) groups excluding carboxylic acids is 1. The summed E-state index contributed by atoms with van der Waals surface area (Å²) in [5.41, 5.74) is -1.71. The molecule has 2 rings (SSSR count). The van der Waals surface area contributed by atoms with E-state index in [9.17, 15) is 14.7 Å². The third-order valence-corrected chi connectivity index (χ3v) is 5.96. The molecule has 2 atom stereocenters. The summed E-state index contributed by atoms with van der Waals surface area (Å²) >= 11 is 3.40. The van der Waals surface area contributed by atoms with Crippen LogP contribution in [0.4, 0.5) is 0 Å². The van der Waals surface area contributed by atoms with Gasteiger partial charge in [-0.25, -0.2) is 0 Å². The van der Waals surface area contributed by atoms with E-state index in [1.807, 2.05) is 13.8 Å². The van der Waals surface area contributed by atoms with Crippen LogP contribution < -0.4 is 0 Å². The normalized spacial score (nSPS) is 42.2. The predicted octanol–water partition coefficient (Wildman–Crippen LogP) is 2.23. The van der Waals surface area contributed by atoms with Crippen molar-refractivity contribution < 1.29 is 14.7 Å². The molecular formula is C11H15BrO3. The molecule has 1 N–H and O–H groups in total. The van der Waals surface area contributed by atoms with Crippen molar-refractivity contribution in [1.29, 1.82) is 0 Å². The van der Waals surface area contributed by atoms with Gasteiger partial charge in [0, 0.05) is 17.2 Å². The maximum atomic E-state index is 12.0. The van der Waals surface area contributed by atoms with E-state index in [1.165, 1.54) is 0 Å². The topological polar surface area (TPSA) is 54.4 Å². The molecule has 0 unspecified atom stereocenters. The van der Waals surface area contributed by atoms with Gasteiger partial charge in [0.15, 0.2) is 0 Å². The van der Waals surface area contributed by atoms with E-state index >= 15 is 0 Å². The number of Topliss-reactive ketones (excluding diaryl/α,β-unsaturated/α-hetero) is 1. The summed E-state index contributed by atoms with van der Waals surface area (Å²) in [5.74, 6) is -0.681. The fraction of sp³-hybridized carbons (Fsp3) is 0.818. The number of fused-ring (bicyclic) bond motifs is 2. The quantitative estimate of drug-likeness (QED) is 0.786. The van der Waals surface area contributed by atoms with Gasteiger partial charge in [-0.3, -0.25) is 9.59 Å². The molecule has 0 aromatic carbocycles. The van der Waals surface area contributed by atoms with E-state index in [1.54, 1.807) is 0 Å². The first-order valence-electron chi connectivity index (χ1n) is 5.17. The average Bonchev–Trinajstić information content (AvgIpc) is 2.47. The van der Waals surface area contributed by atoms with Crippen LogP contribution in [0.2, 0.25) is 0 Å². The smallest absolute Gasteiger partial charge is 0.310 e. The minimum atomic E-state index is -0.822. The van der Waals surface area contributed by atoms with Gasteiger partial charge in [0.2, 0.25) is 0 Å². The van der Waals surface area contributed by atoms with Crippen LogP contribution in [0.15, 0.2) is 0 Å². The van der Waals surface area contributed by atoms with E-state index in [4.69, 9.17) is 0 Å². The first-order valence-corrected chi connectivity index (χ1v) is 6.29. The zero-order valence-electron chi connectivity index (χ0n) is 8.97. The highest BCUT2D eigenvalue weighted by Crippen LogP contribution is 2.71. The SMILES string of the molecule is CC1(C)[C@@]2(C(=O)O)CC[C@]1(CBr)C(=O)C2. The number of halogens is 1. The number of ketones is 1. The molecule has 84 valence electrons. The zero-order valence-corrected chi connectivity index (χ0v) is 10.6. The molecule has 0 amide bonds. The number of hydrogen-bond acceptors (Lipinski definition) is 2. The molecule has 2 saturated carbocycles.